The van der Waals surface area contributed by atoms with Crippen LogP contribution in [0.25, 0.3) is 0 Å². The Labute approximate surface area is 136 Å². The van der Waals surface area contributed by atoms with E-state index in [-0.39, 0.29) is 0 Å². The molecule has 0 saturated heterocycles. The van der Waals surface area contributed by atoms with Gasteiger partial charge in [0.25, 0.3) is 5.91 Å². The summed E-state index contributed by atoms with van der Waals surface area (Å²) in [6, 6.07) is 3.13. The van der Waals surface area contributed by atoms with Crippen LogP contribution >= 0.6 is 0 Å². The van der Waals surface area contributed by atoms with E-state index in [1.54, 1.807) is 20.8 Å². The molecule has 0 aromatic heterocycles. The number of ether oxygens (including phenoxy) is 1. The predicted octanol–water partition coefficient (Wildman–Crippen LogP) is 2.39. The molecule has 1 rings (SSSR count). The molecule has 2 N–H and O–H groups in total. The average Bonchev–Trinajstić information content (AvgIpc) is 2.32. The molecule has 0 fully saturated rings. The van der Waals surface area contributed by atoms with Crippen molar-refractivity contribution in [1.29, 1.82) is 0 Å². The average molecular weight is 320 g/mol. The van der Waals surface area contributed by atoms with Gasteiger partial charge in [0, 0.05) is 5.54 Å². The third-order valence-corrected chi connectivity index (χ3v) is 2.96. The Morgan fingerprint density at radius 1 is 1.04 bits per heavy atom. The van der Waals surface area contributed by atoms with Gasteiger partial charge in [-0.2, -0.15) is 0 Å². The van der Waals surface area contributed by atoms with Crippen LogP contribution in [-0.4, -0.2) is 30.1 Å². The Kier molecular flexibility index (Phi) is 5.90. The zero-order valence-corrected chi connectivity index (χ0v) is 14.5. The molecule has 126 valence electrons. The van der Waals surface area contributed by atoms with E-state index in [1.807, 2.05) is 32.9 Å². The molecule has 1 aromatic carbocycles. The molecule has 0 aliphatic carbocycles. The molecule has 0 heterocycles. The fourth-order valence-electron chi connectivity index (χ4n) is 2.24. The van der Waals surface area contributed by atoms with Gasteiger partial charge in [0.1, 0.15) is 0 Å². The Balaban J connectivity index is 2.60. The van der Waals surface area contributed by atoms with Gasteiger partial charge in [-0.3, -0.25) is 10.1 Å². The zero-order chi connectivity index (χ0) is 17.8. The molecule has 0 radical (unpaired) electrons. The maximum absolute atomic E-state index is 12.1. The van der Waals surface area contributed by atoms with Crippen LogP contribution in [0, 0.1) is 20.8 Å². The molecule has 0 spiro atoms. The monoisotopic (exact) mass is 320 g/mol. The number of hydrogen-bond donors (Lipinski definition) is 2. The van der Waals surface area contributed by atoms with Crippen molar-refractivity contribution in [1.82, 2.24) is 10.6 Å². The van der Waals surface area contributed by atoms with Crippen LogP contribution in [0.2, 0.25) is 0 Å². The standard InChI is InChI=1S/C17H24N2O4/c1-10-7-11(2)14(12(3)8-10)15(21)23-9-13(20)18-16(22)19-17(4,5)6/h7-8H,9H2,1-6H3,(H2,18,19,20,22). The summed E-state index contributed by atoms with van der Waals surface area (Å²) < 4.78 is 4.99. The van der Waals surface area contributed by atoms with Crippen molar-refractivity contribution < 1.29 is 19.1 Å². The van der Waals surface area contributed by atoms with Crippen LogP contribution in [0.4, 0.5) is 4.79 Å². The number of rotatable bonds is 3. The van der Waals surface area contributed by atoms with Gasteiger partial charge >= 0.3 is 12.0 Å². The smallest absolute Gasteiger partial charge is 0.339 e. The highest BCUT2D eigenvalue weighted by Gasteiger charge is 2.18. The van der Waals surface area contributed by atoms with Gasteiger partial charge in [0.15, 0.2) is 6.61 Å². The van der Waals surface area contributed by atoms with Crippen LogP contribution in [-0.2, 0) is 9.53 Å². The molecular formula is C17H24N2O4. The largest absolute Gasteiger partial charge is 0.452 e. The number of urea groups is 1. The predicted molar refractivity (Wildman–Crippen MR) is 87.4 cm³/mol. The van der Waals surface area contributed by atoms with Gasteiger partial charge in [-0.1, -0.05) is 17.7 Å². The number of nitrogens with one attached hydrogen (secondary N) is 2. The van der Waals surface area contributed by atoms with Crippen LogP contribution in [0.1, 0.15) is 47.8 Å². The lowest BCUT2D eigenvalue weighted by Crippen LogP contribution is -2.49. The van der Waals surface area contributed by atoms with E-state index in [1.165, 1.54) is 0 Å². The van der Waals surface area contributed by atoms with E-state index in [4.69, 9.17) is 4.74 Å². The lowest BCUT2D eigenvalue weighted by Gasteiger charge is -2.20. The Morgan fingerprint density at radius 2 is 1.57 bits per heavy atom. The highest BCUT2D eigenvalue weighted by molar-refractivity contribution is 5.98. The number of amides is 3. The fourth-order valence-corrected chi connectivity index (χ4v) is 2.24. The molecule has 3 amide bonds. The van der Waals surface area contributed by atoms with Gasteiger partial charge in [0.05, 0.1) is 5.56 Å². The summed E-state index contributed by atoms with van der Waals surface area (Å²) in [7, 11) is 0. The maximum atomic E-state index is 12.1. The minimum atomic E-state index is -0.678. The number of hydrogen-bond acceptors (Lipinski definition) is 4. The van der Waals surface area contributed by atoms with Crippen molar-refractivity contribution in [2.75, 3.05) is 6.61 Å². The van der Waals surface area contributed by atoms with Crippen molar-refractivity contribution in [2.45, 2.75) is 47.1 Å². The second kappa shape index (κ2) is 7.26. The molecule has 6 heteroatoms. The SMILES string of the molecule is Cc1cc(C)c(C(=O)OCC(=O)NC(=O)NC(C)(C)C)c(C)c1. The normalized spacial score (nSPS) is 10.9. The summed E-state index contributed by atoms with van der Waals surface area (Å²) in [5, 5.41) is 4.70. The van der Waals surface area contributed by atoms with Crippen LogP contribution in [0.3, 0.4) is 0 Å². The van der Waals surface area contributed by atoms with Gasteiger partial charge in [0.2, 0.25) is 0 Å². The first kappa shape index (κ1) is 18.7. The molecule has 23 heavy (non-hydrogen) atoms. The van der Waals surface area contributed by atoms with E-state index in [9.17, 15) is 14.4 Å². The molecule has 0 aliphatic heterocycles. The third kappa shape index (κ3) is 6.10. The summed E-state index contributed by atoms with van der Waals surface area (Å²) in [5.74, 6) is -1.26. The number of carbonyl (C=O) groups is 3. The first-order valence-corrected chi connectivity index (χ1v) is 7.36. The van der Waals surface area contributed by atoms with Crippen LogP contribution in [0.15, 0.2) is 12.1 Å². The minimum absolute atomic E-state index is 0.447. The van der Waals surface area contributed by atoms with Gasteiger partial charge in [-0.05, 0) is 52.7 Å². The van der Waals surface area contributed by atoms with Gasteiger partial charge < -0.3 is 10.1 Å². The summed E-state index contributed by atoms with van der Waals surface area (Å²) in [5.41, 5.74) is 2.62. The van der Waals surface area contributed by atoms with Gasteiger partial charge in [-0.25, -0.2) is 9.59 Å². The van der Waals surface area contributed by atoms with Crippen molar-refractivity contribution >= 4 is 17.9 Å². The number of imide groups is 1. The molecular weight excluding hydrogens is 296 g/mol. The molecule has 0 saturated carbocycles. The number of esters is 1. The number of carbonyl (C=O) groups excluding carboxylic acids is 3. The van der Waals surface area contributed by atoms with E-state index in [2.05, 4.69) is 10.6 Å². The second-order valence-electron chi connectivity index (χ2n) is 6.60. The topological polar surface area (TPSA) is 84.5 Å². The first-order chi connectivity index (χ1) is 10.5. The van der Waals surface area contributed by atoms with Crippen molar-refractivity contribution in [3.8, 4) is 0 Å². The van der Waals surface area contributed by atoms with E-state index >= 15 is 0 Å². The quantitative estimate of drug-likeness (QED) is 0.838. The van der Waals surface area contributed by atoms with Crippen LogP contribution in [0.5, 0.6) is 0 Å². The molecule has 0 bridgehead atoms. The first-order valence-electron chi connectivity index (χ1n) is 7.36. The number of aryl methyl sites for hydroxylation is 3. The lowest BCUT2D eigenvalue weighted by atomic mass is 10.00. The zero-order valence-electron chi connectivity index (χ0n) is 14.5. The summed E-state index contributed by atoms with van der Waals surface area (Å²) in [6.07, 6.45) is 0. The third-order valence-electron chi connectivity index (χ3n) is 2.96. The molecule has 0 atom stereocenters. The fraction of sp³-hybridized carbons (Fsp3) is 0.471. The van der Waals surface area contributed by atoms with E-state index < -0.39 is 30.1 Å². The minimum Gasteiger partial charge on any atom is -0.452 e. The number of benzene rings is 1. The Morgan fingerprint density at radius 3 is 2.04 bits per heavy atom. The Bertz CT molecular complexity index is 607. The van der Waals surface area contributed by atoms with Crippen molar-refractivity contribution in [3.63, 3.8) is 0 Å². The summed E-state index contributed by atoms with van der Waals surface area (Å²) in [6.45, 7) is 10.4. The molecule has 0 unspecified atom stereocenters. The summed E-state index contributed by atoms with van der Waals surface area (Å²) in [4.78, 5) is 35.3. The maximum Gasteiger partial charge on any atom is 0.339 e. The van der Waals surface area contributed by atoms with E-state index in [0.29, 0.717) is 5.56 Å². The van der Waals surface area contributed by atoms with Crippen LogP contribution < -0.4 is 10.6 Å². The Hall–Kier alpha value is -2.37. The highest BCUT2D eigenvalue weighted by Crippen LogP contribution is 2.17. The second-order valence-corrected chi connectivity index (χ2v) is 6.60. The summed E-state index contributed by atoms with van der Waals surface area (Å²) >= 11 is 0. The molecule has 0 aliphatic rings. The lowest BCUT2D eigenvalue weighted by molar-refractivity contribution is -0.123. The van der Waals surface area contributed by atoms with Crippen molar-refractivity contribution in [2.24, 2.45) is 0 Å². The van der Waals surface area contributed by atoms with Crippen molar-refractivity contribution in [3.05, 3.63) is 34.4 Å². The van der Waals surface area contributed by atoms with Gasteiger partial charge in [-0.15, -0.1) is 0 Å². The molecule has 1 aromatic rings. The molecule has 6 nitrogen and oxygen atoms in total. The highest BCUT2D eigenvalue weighted by atomic mass is 16.5. The van der Waals surface area contributed by atoms with E-state index in [0.717, 1.165) is 16.7 Å².